The maximum Gasteiger partial charge on any atom is 0.269 e. The van der Waals surface area contributed by atoms with Crippen molar-refractivity contribution in [2.45, 2.75) is 12.8 Å². The molecule has 80 valence electrons. The highest BCUT2D eigenvalue weighted by atomic mass is 16.6. The van der Waals surface area contributed by atoms with Crippen LogP contribution in [0.25, 0.3) is 6.08 Å². The van der Waals surface area contributed by atoms with E-state index in [9.17, 15) is 10.1 Å². The van der Waals surface area contributed by atoms with Crippen LogP contribution in [0.4, 0.5) is 5.69 Å². The number of nitro groups is 1. The first-order valence-corrected chi connectivity index (χ1v) is 4.76. The SMILES string of the molecule is O=[N+]([O-])c1ccc(/C=C/CCCO)cc1. The highest BCUT2D eigenvalue weighted by Gasteiger charge is 2.01. The third kappa shape index (κ3) is 3.91. The highest BCUT2D eigenvalue weighted by Crippen LogP contribution is 2.13. The van der Waals surface area contributed by atoms with Crippen molar-refractivity contribution in [2.75, 3.05) is 6.61 Å². The Morgan fingerprint density at radius 1 is 1.33 bits per heavy atom. The van der Waals surface area contributed by atoms with E-state index in [1.165, 1.54) is 12.1 Å². The summed E-state index contributed by atoms with van der Waals surface area (Å²) in [6, 6.07) is 6.36. The van der Waals surface area contributed by atoms with Crippen LogP contribution in [0.3, 0.4) is 0 Å². The topological polar surface area (TPSA) is 63.4 Å². The molecular formula is C11H13NO3. The lowest BCUT2D eigenvalue weighted by molar-refractivity contribution is -0.384. The van der Waals surface area contributed by atoms with Gasteiger partial charge >= 0.3 is 0 Å². The van der Waals surface area contributed by atoms with Gasteiger partial charge in [0.1, 0.15) is 0 Å². The van der Waals surface area contributed by atoms with Gasteiger partial charge in [0.2, 0.25) is 0 Å². The molecule has 0 aliphatic carbocycles. The number of hydrogen-bond donors (Lipinski definition) is 1. The molecule has 1 aromatic carbocycles. The minimum absolute atomic E-state index is 0.0995. The average molecular weight is 207 g/mol. The fourth-order valence-corrected chi connectivity index (χ4v) is 1.14. The van der Waals surface area contributed by atoms with E-state index < -0.39 is 4.92 Å². The molecule has 0 spiro atoms. The number of nitrogens with zero attached hydrogens (tertiary/aromatic N) is 1. The molecule has 0 radical (unpaired) electrons. The summed E-state index contributed by atoms with van der Waals surface area (Å²) in [5.74, 6) is 0. The number of rotatable bonds is 5. The molecular weight excluding hydrogens is 194 g/mol. The molecule has 0 aliphatic heterocycles. The van der Waals surface area contributed by atoms with Crippen LogP contribution in [-0.2, 0) is 0 Å². The minimum Gasteiger partial charge on any atom is -0.396 e. The monoisotopic (exact) mass is 207 g/mol. The normalized spacial score (nSPS) is 10.7. The number of aliphatic hydroxyl groups is 1. The Morgan fingerprint density at radius 3 is 2.53 bits per heavy atom. The maximum atomic E-state index is 10.4. The average Bonchev–Trinajstić information content (AvgIpc) is 2.25. The molecule has 0 aromatic heterocycles. The zero-order chi connectivity index (χ0) is 11.1. The quantitative estimate of drug-likeness (QED) is 0.458. The van der Waals surface area contributed by atoms with Crippen LogP contribution in [0.1, 0.15) is 18.4 Å². The Bertz CT molecular complexity index is 343. The summed E-state index contributed by atoms with van der Waals surface area (Å²) in [7, 11) is 0. The van der Waals surface area contributed by atoms with E-state index in [0.29, 0.717) is 0 Å². The van der Waals surface area contributed by atoms with Crippen molar-refractivity contribution in [1.29, 1.82) is 0 Å². The highest BCUT2D eigenvalue weighted by molar-refractivity contribution is 5.51. The van der Waals surface area contributed by atoms with Gasteiger partial charge in [-0.25, -0.2) is 0 Å². The molecule has 0 atom stereocenters. The second kappa shape index (κ2) is 5.93. The summed E-state index contributed by atoms with van der Waals surface area (Å²) >= 11 is 0. The number of nitro benzene ring substituents is 1. The van der Waals surface area contributed by atoms with E-state index in [-0.39, 0.29) is 12.3 Å². The molecule has 0 saturated heterocycles. The smallest absolute Gasteiger partial charge is 0.269 e. The maximum absolute atomic E-state index is 10.4. The minimum atomic E-state index is -0.417. The summed E-state index contributed by atoms with van der Waals surface area (Å²) in [5.41, 5.74) is 1.03. The Morgan fingerprint density at radius 2 is 2.00 bits per heavy atom. The predicted molar refractivity (Wildman–Crippen MR) is 58.5 cm³/mol. The molecule has 0 saturated carbocycles. The van der Waals surface area contributed by atoms with Gasteiger partial charge in [-0.3, -0.25) is 10.1 Å². The number of allylic oxidation sites excluding steroid dienone is 1. The molecule has 0 unspecified atom stereocenters. The molecule has 1 aromatic rings. The lowest BCUT2D eigenvalue weighted by Crippen LogP contribution is -1.86. The Labute approximate surface area is 88.0 Å². The third-order valence-corrected chi connectivity index (χ3v) is 1.94. The fourth-order valence-electron chi connectivity index (χ4n) is 1.14. The Hall–Kier alpha value is -1.68. The second-order valence-electron chi connectivity index (χ2n) is 3.12. The van der Waals surface area contributed by atoms with Crippen molar-refractivity contribution < 1.29 is 10.0 Å². The van der Waals surface area contributed by atoms with Gasteiger partial charge in [-0.05, 0) is 30.5 Å². The molecule has 0 aliphatic rings. The molecule has 0 fully saturated rings. The van der Waals surface area contributed by atoms with E-state index in [1.54, 1.807) is 12.1 Å². The van der Waals surface area contributed by atoms with Gasteiger partial charge in [-0.15, -0.1) is 0 Å². The van der Waals surface area contributed by atoms with Crippen molar-refractivity contribution in [1.82, 2.24) is 0 Å². The fraction of sp³-hybridized carbons (Fsp3) is 0.273. The summed E-state index contributed by atoms with van der Waals surface area (Å²) in [6.45, 7) is 0.185. The first-order valence-electron chi connectivity index (χ1n) is 4.76. The van der Waals surface area contributed by atoms with Gasteiger partial charge in [0.15, 0.2) is 0 Å². The van der Waals surface area contributed by atoms with Crippen LogP contribution in [-0.4, -0.2) is 16.6 Å². The Balaban J connectivity index is 2.56. The second-order valence-corrected chi connectivity index (χ2v) is 3.12. The molecule has 1 N–H and O–H groups in total. The van der Waals surface area contributed by atoms with Crippen molar-refractivity contribution in [3.63, 3.8) is 0 Å². The zero-order valence-electron chi connectivity index (χ0n) is 8.30. The van der Waals surface area contributed by atoms with Gasteiger partial charge in [-0.2, -0.15) is 0 Å². The van der Waals surface area contributed by atoms with Gasteiger partial charge in [-0.1, -0.05) is 12.2 Å². The summed E-state index contributed by atoms with van der Waals surface area (Å²) in [4.78, 5) is 9.95. The van der Waals surface area contributed by atoms with E-state index in [0.717, 1.165) is 18.4 Å². The van der Waals surface area contributed by atoms with Crippen LogP contribution in [0.15, 0.2) is 30.3 Å². The van der Waals surface area contributed by atoms with Crippen LogP contribution < -0.4 is 0 Å². The lowest BCUT2D eigenvalue weighted by Gasteiger charge is -1.93. The lowest BCUT2D eigenvalue weighted by atomic mass is 10.2. The van der Waals surface area contributed by atoms with Gasteiger partial charge in [0, 0.05) is 18.7 Å². The number of hydrogen-bond acceptors (Lipinski definition) is 3. The van der Waals surface area contributed by atoms with Crippen molar-refractivity contribution in [3.8, 4) is 0 Å². The van der Waals surface area contributed by atoms with Crippen molar-refractivity contribution in [3.05, 3.63) is 46.0 Å². The van der Waals surface area contributed by atoms with E-state index in [4.69, 9.17) is 5.11 Å². The summed E-state index contributed by atoms with van der Waals surface area (Å²) < 4.78 is 0. The zero-order valence-corrected chi connectivity index (χ0v) is 8.30. The molecule has 4 nitrogen and oxygen atoms in total. The molecule has 0 heterocycles. The molecule has 0 bridgehead atoms. The van der Waals surface area contributed by atoms with Crippen molar-refractivity contribution >= 4 is 11.8 Å². The predicted octanol–water partition coefficient (Wildman–Crippen LogP) is 2.38. The molecule has 4 heteroatoms. The van der Waals surface area contributed by atoms with Crippen LogP contribution in [0, 0.1) is 10.1 Å². The largest absolute Gasteiger partial charge is 0.396 e. The Kier molecular flexibility index (Phi) is 4.50. The van der Waals surface area contributed by atoms with E-state index in [2.05, 4.69) is 0 Å². The number of aliphatic hydroxyl groups excluding tert-OH is 1. The van der Waals surface area contributed by atoms with E-state index in [1.807, 2.05) is 12.2 Å². The summed E-state index contributed by atoms with van der Waals surface area (Å²) in [6.07, 6.45) is 5.38. The molecule has 1 rings (SSSR count). The molecule has 15 heavy (non-hydrogen) atoms. The van der Waals surface area contributed by atoms with Gasteiger partial charge in [0.25, 0.3) is 5.69 Å². The van der Waals surface area contributed by atoms with Crippen LogP contribution >= 0.6 is 0 Å². The number of unbranched alkanes of at least 4 members (excludes halogenated alkanes) is 1. The van der Waals surface area contributed by atoms with E-state index >= 15 is 0 Å². The van der Waals surface area contributed by atoms with Gasteiger partial charge < -0.3 is 5.11 Å². The van der Waals surface area contributed by atoms with Gasteiger partial charge in [0.05, 0.1) is 4.92 Å². The third-order valence-electron chi connectivity index (χ3n) is 1.94. The molecule has 0 amide bonds. The van der Waals surface area contributed by atoms with Crippen LogP contribution in [0.5, 0.6) is 0 Å². The van der Waals surface area contributed by atoms with Crippen LogP contribution in [0.2, 0.25) is 0 Å². The first kappa shape index (κ1) is 11.4. The summed E-state index contributed by atoms with van der Waals surface area (Å²) in [5, 5.41) is 18.9. The van der Waals surface area contributed by atoms with Crippen molar-refractivity contribution in [2.24, 2.45) is 0 Å². The first-order chi connectivity index (χ1) is 7.24. The standard InChI is InChI=1S/C11H13NO3/c13-9-3-1-2-4-10-5-7-11(8-6-10)12(14)15/h2,4-8,13H,1,3,9H2/b4-2+. The number of benzene rings is 1. The number of non-ortho nitro benzene ring substituents is 1.